The minimum absolute atomic E-state index is 0.109. The molecule has 0 aromatic carbocycles. The quantitative estimate of drug-likeness (QED) is 0.855. The van der Waals surface area contributed by atoms with Crippen molar-refractivity contribution in [3.8, 4) is 0 Å². The number of amides is 1. The standard InChI is InChI=1S/C15H22ClNO2S/c1-19-12(13-7-8-14(16)20-13)10-17-15(18)9-11-5-3-2-4-6-11/h7-8,11-12H,2-6,9-10H2,1H3,(H,17,18). The summed E-state index contributed by atoms with van der Waals surface area (Å²) in [5, 5.41) is 2.99. The van der Waals surface area contributed by atoms with Gasteiger partial charge >= 0.3 is 0 Å². The Bertz CT molecular complexity index is 429. The third-order valence-corrected chi connectivity index (χ3v) is 5.20. The monoisotopic (exact) mass is 315 g/mol. The number of nitrogens with one attached hydrogen (secondary N) is 1. The van der Waals surface area contributed by atoms with Crippen LogP contribution >= 0.6 is 22.9 Å². The maximum atomic E-state index is 12.0. The van der Waals surface area contributed by atoms with Crippen LogP contribution in [0.25, 0.3) is 0 Å². The van der Waals surface area contributed by atoms with E-state index in [0.29, 0.717) is 18.9 Å². The van der Waals surface area contributed by atoms with Crippen molar-refractivity contribution in [1.82, 2.24) is 5.32 Å². The molecule has 2 rings (SSSR count). The number of methoxy groups -OCH3 is 1. The lowest BCUT2D eigenvalue weighted by Gasteiger charge is -2.21. The smallest absolute Gasteiger partial charge is 0.220 e. The number of thiophene rings is 1. The second-order valence-electron chi connectivity index (χ2n) is 5.38. The Kier molecular flexibility index (Phi) is 6.33. The number of carbonyl (C=O) groups is 1. The first kappa shape index (κ1) is 15.8. The van der Waals surface area contributed by atoms with Gasteiger partial charge in [-0.05, 0) is 30.9 Å². The highest BCUT2D eigenvalue weighted by atomic mass is 35.5. The van der Waals surface area contributed by atoms with E-state index >= 15 is 0 Å². The largest absolute Gasteiger partial charge is 0.374 e. The number of ether oxygens (including phenoxy) is 1. The van der Waals surface area contributed by atoms with Crippen LogP contribution in [-0.4, -0.2) is 19.6 Å². The number of hydrogen-bond donors (Lipinski definition) is 1. The van der Waals surface area contributed by atoms with Gasteiger partial charge in [0.25, 0.3) is 0 Å². The molecule has 0 saturated heterocycles. The molecule has 1 saturated carbocycles. The Morgan fingerprint density at radius 1 is 1.45 bits per heavy atom. The summed E-state index contributed by atoms with van der Waals surface area (Å²) in [4.78, 5) is 13.0. The summed E-state index contributed by atoms with van der Waals surface area (Å²) >= 11 is 7.43. The molecule has 1 N–H and O–H groups in total. The van der Waals surface area contributed by atoms with Crippen LogP contribution in [0.3, 0.4) is 0 Å². The van der Waals surface area contributed by atoms with E-state index in [1.807, 2.05) is 12.1 Å². The van der Waals surface area contributed by atoms with Crippen molar-refractivity contribution >= 4 is 28.8 Å². The predicted octanol–water partition coefficient (Wildman–Crippen LogP) is 4.18. The summed E-state index contributed by atoms with van der Waals surface area (Å²) in [7, 11) is 1.66. The second-order valence-corrected chi connectivity index (χ2v) is 7.13. The van der Waals surface area contributed by atoms with E-state index in [1.54, 1.807) is 7.11 Å². The number of carbonyl (C=O) groups excluding carboxylic acids is 1. The Labute approximate surface area is 129 Å². The van der Waals surface area contributed by atoms with Crippen LogP contribution in [-0.2, 0) is 9.53 Å². The highest BCUT2D eigenvalue weighted by molar-refractivity contribution is 7.16. The van der Waals surface area contributed by atoms with E-state index in [9.17, 15) is 4.79 Å². The number of rotatable bonds is 6. The normalized spacial score (nSPS) is 17.9. The number of hydrogen-bond acceptors (Lipinski definition) is 3. The van der Waals surface area contributed by atoms with E-state index in [2.05, 4.69) is 5.32 Å². The second kappa shape index (κ2) is 8.01. The Hall–Kier alpha value is -0.580. The van der Waals surface area contributed by atoms with Gasteiger partial charge in [0, 0.05) is 25.0 Å². The average molecular weight is 316 g/mol. The van der Waals surface area contributed by atoms with Crippen LogP contribution in [0.4, 0.5) is 0 Å². The summed E-state index contributed by atoms with van der Waals surface area (Å²) < 4.78 is 6.17. The van der Waals surface area contributed by atoms with Crippen LogP contribution in [0.5, 0.6) is 0 Å². The molecule has 1 aromatic rings. The molecule has 1 aliphatic carbocycles. The molecule has 1 aliphatic rings. The molecule has 20 heavy (non-hydrogen) atoms. The summed E-state index contributed by atoms with van der Waals surface area (Å²) in [6.45, 7) is 0.513. The fourth-order valence-corrected chi connectivity index (χ4v) is 3.87. The zero-order valence-corrected chi connectivity index (χ0v) is 13.4. The van der Waals surface area contributed by atoms with Gasteiger partial charge in [-0.2, -0.15) is 0 Å². The molecule has 0 bridgehead atoms. The molecule has 1 heterocycles. The highest BCUT2D eigenvalue weighted by Crippen LogP contribution is 2.29. The molecule has 1 fully saturated rings. The lowest BCUT2D eigenvalue weighted by molar-refractivity contribution is -0.122. The van der Waals surface area contributed by atoms with Crippen molar-refractivity contribution in [2.45, 2.75) is 44.6 Å². The molecular formula is C15H22ClNO2S. The van der Waals surface area contributed by atoms with Gasteiger partial charge in [-0.15, -0.1) is 11.3 Å². The van der Waals surface area contributed by atoms with Crippen LogP contribution < -0.4 is 5.32 Å². The van der Waals surface area contributed by atoms with Crippen molar-refractivity contribution < 1.29 is 9.53 Å². The van der Waals surface area contributed by atoms with Crippen LogP contribution in [0.2, 0.25) is 4.34 Å². The molecular weight excluding hydrogens is 294 g/mol. The van der Waals surface area contributed by atoms with E-state index in [0.717, 1.165) is 9.21 Å². The summed E-state index contributed by atoms with van der Waals surface area (Å²) in [6, 6.07) is 3.81. The molecule has 3 nitrogen and oxygen atoms in total. The molecule has 1 unspecified atom stereocenters. The van der Waals surface area contributed by atoms with Crippen molar-refractivity contribution in [2.75, 3.05) is 13.7 Å². The predicted molar refractivity (Wildman–Crippen MR) is 83.3 cm³/mol. The molecule has 0 radical (unpaired) electrons. The van der Waals surface area contributed by atoms with E-state index in [-0.39, 0.29) is 12.0 Å². The average Bonchev–Trinajstić information content (AvgIpc) is 2.87. The third kappa shape index (κ3) is 4.76. The van der Waals surface area contributed by atoms with Gasteiger partial charge in [0.05, 0.1) is 4.34 Å². The van der Waals surface area contributed by atoms with Crippen LogP contribution in [0.1, 0.15) is 49.5 Å². The van der Waals surface area contributed by atoms with E-state index < -0.39 is 0 Å². The van der Waals surface area contributed by atoms with Crippen LogP contribution in [0, 0.1) is 5.92 Å². The van der Waals surface area contributed by atoms with Crippen molar-refractivity contribution in [3.05, 3.63) is 21.3 Å². The van der Waals surface area contributed by atoms with Gasteiger partial charge in [-0.25, -0.2) is 0 Å². The van der Waals surface area contributed by atoms with Crippen molar-refractivity contribution in [3.63, 3.8) is 0 Å². The fourth-order valence-electron chi connectivity index (χ4n) is 2.73. The number of halogens is 1. The van der Waals surface area contributed by atoms with E-state index in [1.165, 1.54) is 43.4 Å². The van der Waals surface area contributed by atoms with Gasteiger partial charge in [0.15, 0.2) is 0 Å². The Morgan fingerprint density at radius 3 is 2.80 bits per heavy atom. The SMILES string of the molecule is COC(CNC(=O)CC1CCCCC1)c1ccc(Cl)s1. The lowest BCUT2D eigenvalue weighted by atomic mass is 9.87. The third-order valence-electron chi connectivity index (χ3n) is 3.88. The first-order valence-electron chi connectivity index (χ1n) is 7.23. The van der Waals surface area contributed by atoms with Crippen LogP contribution in [0.15, 0.2) is 12.1 Å². The molecule has 1 aromatic heterocycles. The zero-order valence-electron chi connectivity index (χ0n) is 11.9. The van der Waals surface area contributed by atoms with Gasteiger partial charge in [0.2, 0.25) is 5.91 Å². The zero-order chi connectivity index (χ0) is 14.4. The first-order chi connectivity index (χ1) is 9.69. The molecule has 0 spiro atoms. The van der Waals surface area contributed by atoms with Gasteiger partial charge in [-0.1, -0.05) is 30.9 Å². The first-order valence-corrected chi connectivity index (χ1v) is 8.43. The molecule has 5 heteroatoms. The topological polar surface area (TPSA) is 38.3 Å². The minimum Gasteiger partial charge on any atom is -0.374 e. The molecule has 1 amide bonds. The summed E-state index contributed by atoms with van der Waals surface area (Å²) in [6.07, 6.45) is 6.80. The van der Waals surface area contributed by atoms with Crippen molar-refractivity contribution in [2.24, 2.45) is 5.92 Å². The summed E-state index contributed by atoms with van der Waals surface area (Å²) in [5.41, 5.74) is 0. The van der Waals surface area contributed by atoms with Crippen molar-refractivity contribution in [1.29, 1.82) is 0 Å². The lowest BCUT2D eigenvalue weighted by Crippen LogP contribution is -2.30. The molecule has 0 aliphatic heterocycles. The Balaban J connectivity index is 1.76. The fraction of sp³-hybridized carbons (Fsp3) is 0.667. The Morgan fingerprint density at radius 2 is 2.20 bits per heavy atom. The molecule has 1 atom stereocenters. The van der Waals surface area contributed by atoms with Gasteiger partial charge in [-0.3, -0.25) is 4.79 Å². The van der Waals surface area contributed by atoms with E-state index in [4.69, 9.17) is 16.3 Å². The maximum absolute atomic E-state index is 12.0. The summed E-state index contributed by atoms with van der Waals surface area (Å²) in [5.74, 6) is 0.711. The molecule has 112 valence electrons. The minimum atomic E-state index is -0.109. The van der Waals surface area contributed by atoms with Gasteiger partial charge in [0.1, 0.15) is 6.10 Å². The van der Waals surface area contributed by atoms with Gasteiger partial charge < -0.3 is 10.1 Å². The maximum Gasteiger partial charge on any atom is 0.220 e. The highest BCUT2D eigenvalue weighted by Gasteiger charge is 2.18.